The van der Waals surface area contributed by atoms with E-state index in [0.717, 1.165) is 6.42 Å². The summed E-state index contributed by atoms with van der Waals surface area (Å²) in [4.78, 5) is 10.9. The largest absolute Gasteiger partial charge is 0.494 e. The van der Waals surface area contributed by atoms with E-state index in [1.807, 2.05) is 6.92 Å². The van der Waals surface area contributed by atoms with Crippen LogP contribution in [0.15, 0.2) is 29.2 Å². The van der Waals surface area contributed by atoms with Gasteiger partial charge >= 0.3 is 0 Å². The smallest absolute Gasteiger partial charge is 0.240 e. The van der Waals surface area contributed by atoms with Gasteiger partial charge in [-0.25, -0.2) is 13.1 Å². The van der Waals surface area contributed by atoms with Crippen LogP contribution in [0.4, 0.5) is 0 Å². The Balaban J connectivity index is 2.40. The number of rotatable bonds is 9. The van der Waals surface area contributed by atoms with Gasteiger partial charge in [0, 0.05) is 20.0 Å². The van der Waals surface area contributed by atoms with Crippen molar-refractivity contribution in [1.82, 2.24) is 10.0 Å². The second kappa shape index (κ2) is 8.63. The second-order valence-corrected chi connectivity index (χ2v) is 6.26. The molecule has 0 unspecified atom stereocenters. The Bertz CT molecular complexity index is 541. The van der Waals surface area contributed by atoms with E-state index < -0.39 is 10.0 Å². The third-order valence-electron chi connectivity index (χ3n) is 2.71. The van der Waals surface area contributed by atoms with E-state index in [2.05, 4.69) is 10.0 Å². The summed E-state index contributed by atoms with van der Waals surface area (Å²) < 4.78 is 31.8. The Labute approximate surface area is 125 Å². The van der Waals surface area contributed by atoms with Crippen LogP contribution in [0.1, 0.15) is 26.7 Å². The average Bonchev–Trinajstić information content (AvgIpc) is 2.43. The normalized spacial score (nSPS) is 11.1. The Morgan fingerprint density at radius 2 is 1.76 bits per heavy atom. The molecule has 7 heteroatoms. The Morgan fingerprint density at radius 3 is 2.33 bits per heavy atom. The molecule has 0 bridgehead atoms. The minimum atomic E-state index is -3.49. The molecule has 1 aromatic carbocycles. The van der Waals surface area contributed by atoms with E-state index in [0.29, 0.717) is 31.9 Å². The van der Waals surface area contributed by atoms with Crippen molar-refractivity contribution in [2.75, 3.05) is 19.7 Å². The van der Waals surface area contributed by atoms with Crippen molar-refractivity contribution >= 4 is 15.9 Å². The van der Waals surface area contributed by atoms with Gasteiger partial charge in [-0.2, -0.15) is 0 Å². The quantitative estimate of drug-likeness (QED) is 0.673. The topological polar surface area (TPSA) is 84.5 Å². The van der Waals surface area contributed by atoms with Crippen LogP contribution in [-0.2, 0) is 14.8 Å². The summed E-state index contributed by atoms with van der Waals surface area (Å²) in [5.74, 6) is 0.566. The molecule has 2 N–H and O–H groups in total. The van der Waals surface area contributed by atoms with Crippen molar-refractivity contribution in [3.8, 4) is 5.75 Å². The number of hydrogen-bond donors (Lipinski definition) is 2. The van der Waals surface area contributed by atoms with E-state index in [9.17, 15) is 13.2 Å². The fourth-order valence-corrected chi connectivity index (χ4v) is 2.76. The number of hydrogen-bond acceptors (Lipinski definition) is 4. The van der Waals surface area contributed by atoms with Crippen LogP contribution in [0.25, 0.3) is 0 Å². The van der Waals surface area contributed by atoms with Gasteiger partial charge < -0.3 is 10.1 Å². The highest BCUT2D eigenvalue weighted by Crippen LogP contribution is 2.15. The fourth-order valence-electron chi connectivity index (χ4n) is 1.69. The van der Waals surface area contributed by atoms with Crippen LogP contribution in [-0.4, -0.2) is 34.0 Å². The Hall–Kier alpha value is -1.60. The summed E-state index contributed by atoms with van der Waals surface area (Å²) in [6.07, 6.45) is 1.39. The lowest BCUT2D eigenvalue weighted by Crippen LogP contribution is -2.26. The van der Waals surface area contributed by atoms with Crippen molar-refractivity contribution in [2.45, 2.75) is 31.6 Å². The predicted octanol–water partition coefficient (Wildman–Crippen LogP) is 1.28. The Kier molecular flexibility index (Phi) is 7.18. The fraction of sp³-hybridized carbons (Fsp3) is 0.500. The number of carbonyl (C=O) groups excluding carboxylic acids is 1. The van der Waals surface area contributed by atoms with Crippen molar-refractivity contribution in [2.24, 2.45) is 0 Å². The first-order chi connectivity index (χ1) is 9.95. The SMILES string of the molecule is CCOc1ccc(S(=O)(=O)NCCCCNC(C)=O)cc1. The van der Waals surface area contributed by atoms with Crippen molar-refractivity contribution in [3.05, 3.63) is 24.3 Å². The molecule has 0 radical (unpaired) electrons. The highest BCUT2D eigenvalue weighted by molar-refractivity contribution is 7.89. The number of ether oxygens (including phenoxy) is 1. The molecule has 0 heterocycles. The first-order valence-corrected chi connectivity index (χ1v) is 8.41. The van der Waals surface area contributed by atoms with Gasteiger partial charge in [0.2, 0.25) is 15.9 Å². The summed E-state index contributed by atoms with van der Waals surface area (Å²) in [5.41, 5.74) is 0. The molecule has 0 aromatic heterocycles. The zero-order valence-corrected chi connectivity index (χ0v) is 13.2. The molecule has 21 heavy (non-hydrogen) atoms. The summed E-state index contributed by atoms with van der Waals surface area (Å²) in [5, 5.41) is 2.66. The lowest BCUT2D eigenvalue weighted by atomic mass is 10.3. The van der Waals surface area contributed by atoms with Gasteiger partial charge in [-0.3, -0.25) is 4.79 Å². The van der Waals surface area contributed by atoms with E-state index in [-0.39, 0.29) is 10.8 Å². The third kappa shape index (κ3) is 6.59. The molecule has 1 rings (SSSR count). The van der Waals surface area contributed by atoms with Crippen LogP contribution >= 0.6 is 0 Å². The summed E-state index contributed by atoms with van der Waals surface area (Å²) in [7, 11) is -3.49. The minimum Gasteiger partial charge on any atom is -0.494 e. The standard InChI is InChI=1S/C14H22N2O4S/c1-3-20-13-6-8-14(9-7-13)21(18,19)16-11-5-4-10-15-12(2)17/h6-9,16H,3-5,10-11H2,1-2H3,(H,15,17). The van der Waals surface area contributed by atoms with Crippen LogP contribution in [0, 0.1) is 0 Å². The molecule has 0 atom stereocenters. The highest BCUT2D eigenvalue weighted by Gasteiger charge is 2.12. The van der Waals surface area contributed by atoms with Crippen LogP contribution in [0.2, 0.25) is 0 Å². The lowest BCUT2D eigenvalue weighted by Gasteiger charge is -2.08. The zero-order valence-electron chi connectivity index (χ0n) is 12.4. The maximum atomic E-state index is 12.0. The summed E-state index contributed by atoms with van der Waals surface area (Å²) in [6, 6.07) is 6.30. The number of carbonyl (C=O) groups is 1. The molecule has 6 nitrogen and oxygen atoms in total. The molecule has 0 aliphatic rings. The molecule has 1 aromatic rings. The van der Waals surface area contributed by atoms with Crippen LogP contribution in [0.3, 0.4) is 0 Å². The molecule has 0 saturated carbocycles. The average molecular weight is 314 g/mol. The van der Waals surface area contributed by atoms with Gasteiger partial charge in [0.15, 0.2) is 0 Å². The lowest BCUT2D eigenvalue weighted by molar-refractivity contribution is -0.118. The van der Waals surface area contributed by atoms with Crippen molar-refractivity contribution < 1.29 is 17.9 Å². The molecule has 0 saturated heterocycles. The second-order valence-electron chi connectivity index (χ2n) is 4.49. The van der Waals surface area contributed by atoms with Gasteiger partial charge in [0.1, 0.15) is 5.75 Å². The number of amides is 1. The number of unbranched alkanes of at least 4 members (excludes halogenated alkanes) is 1. The molecule has 118 valence electrons. The molecule has 0 spiro atoms. The van der Waals surface area contributed by atoms with Gasteiger partial charge in [-0.05, 0) is 44.0 Å². The van der Waals surface area contributed by atoms with E-state index in [4.69, 9.17) is 4.74 Å². The minimum absolute atomic E-state index is 0.0787. The van der Waals surface area contributed by atoms with E-state index in [1.54, 1.807) is 12.1 Å². The number of nitrogens with one attached hydrogen (secondary N) is 2. The van der Waals surface area contributed by atoms with E-state index >= 15 is 0 Å². The van der Waals surface area contributed by atoms with Gasteiger partial charge in [0.05, 0.1) is 11.5 Å². The first-order valence-electron chi connectivity index (χ1n) is 6.92. The van der Waals surface area contributed by atoms with Gasteiger partial charge in [0.25, 0.3) is 0 Å². The molecule has 0 aliphatic carbocycles. The van der Waals surface area contributed by atoms with Gasteiger partial charge in [-0.1, -0.05) is 0 Å². The number of benzene rings is 1. The summed E-state index contributed by atoms with van der Waals surface area (Å²) in [6.45, 7) is 4.76. The van der Waals surface area contributed by atoms with Crippen LogP contribution in [0.5, 0.6) is 5.75 Å². The highest BCUT2D eigenvalue weighted by atomic mass is 32.2. The monoisotopic (exact) mass is 314 g/mol. The molecule has 0 aliphatic heterocycles. The predicted molar refractivity (Wildman–Crippen MR) is 80.7 cm³/mol. The van der Waals surface area contributed by atoms with Crippen LogP contribution < -0.4 is 14.8 Å². The van der Waals surface area contributed by atoms with Gasteiger partial charge in [-0.15, -0.1) is 0 Å². The molecular weight excluding hydrogens is 292 g/mol. The molecular formula is C14H22N2O4S. The maximum absolute atomic E-state index is 12.0. The van der Waals surface area contributed by atoms with E-state index in [1.165, 1.54) is 19.1 Å². The first kappa shape index (κ1) is 17.5. The third-order valence-corrected chi connectivity index (χ3v) is 4.19. The maximum Gasteiger partial charge on any atom is 0.240 e. The van der Waals surface area contributed by atoms with Crippen molar-refractivity contribution in [3.63, 3.8) is 0 Å². The Morgan fingerprint density at radius 1 is 1.14 bits per heavy atom. The molecule has 0 fully saturated rings. The zero-order chi connectivity index (χ0) is 15.7. The van der Waals surface area contributed by atoms with Crippen molar-refractivity contribution in [1.29, 1.82) is 0 Å². The number of sulfonamides is 1. The molecule has 1 amide bonds. The summed E-state index contributed by atoms with van der Waals surface area (Å²) >= 11 is 0.